The Morgan fingerprint density at radius 2 is 2.40 bits per heavy atom. The van der Waals surface area contributed by atoms with Crippen molar-refractivity contribution in [2.24, 2.45) is 0 Å². The van der Waals surface area contributed by atoms with Gasteiger partial charge in [0.1, 0.15) is 5.82 Å². The summed E-state index contributed by atoms with van der Waals surface area (Å²) in [5, 5.41) is 3.13. The first kappa shape index (κ1) is 5.79. The van der Waals surface area contributed by atoms with Gasteiger partial charge in [-0.3, -0.25) is 0 Å². The van der Waals surface area contributed by atoms with Crippen molar-refractivity contribution < 1.29 is 0 Å². The highest BCUT2D eigenvalue weighted by atomic mass is 32.1. The number of anilines is 1. The van der Waals surface area contributed by atoms with Crippen LogP contribution < -0.4 is 11.2 Å². The van der Waals surface area contributed by atoms with Gasteiger partial charge >= 0.3 is 0 Å². The molecule has 0 fully saturated rings. The van der Waals surface area contributed by atoms with Gasteiger partial charge in [-0.15, -0.1) is 0 Å². The van der Waals surface area contributed by atoms with Crippen molar-refractivity contribution in [1.29, 1.82) is 0 Å². The first-order valence-electron chi connectivity index (χ1n) is 3.12. The molecule has 1 aromatic rings. The predicted octanol–water partition coefficient (Wildman–Crippen LogP) is 0.227. The molecule has 0 atom stereocenters. The molecular weight excluding hydrogens is 148 g/mol. The van der Waals surface area contributed by atoms with Crippen LogP contribution in [0.5, 0.6) is 0 Å². The fraction of sp³-hybridized carbons (Fsp3) is 0.400. The molecule has 0 saturated carbocycles. The van der Waals surface area contributed by atoms with Gasteiger partial charge in [0.2, 0.25) is 0 Å². The van der Waals surface area contributed by atoms with Crippen LogP contribution in [0.3, 0.4) is 0 Å². The van der Waals surface area contributed by atoms with Crippen molar-refractivity contribution in [2.75, 3.05) is 17.7 Å². The minimum absolute atomic E-state index is 0.581. The average Bonchev–Trinajstić information content (AvgIpc) is 2.41. The van der Waals surface area contributed by atoms with Crippen molar-refractivity contribution in [3.05, 3.63) is 10.5 Å². The number of imidazole rings is 1. The van der Waals surface area contributed by atoms with Gasteiger partial charge in [-0.2, -0.15) is 0 Å². The Hall–Kier alpha value is -0.970. The number of nitrogens with one attached hydrogen (secondary N) is 2. The molecule has 0 bridgehead atoms. The summed E-state index contributed by atoms with van der Waals surface area (Å²) in [6.45, 7) is 0.952. The third-order valence-corrected chi connectivity index (χ3v) is 1.97. The van der Waals surface area contributed by atoms with E-state index in [1.165, 1.54) is 4.68 Å². The highest BCUT2D eigenvalue weighted by Gasteiger charge is 2.14. The lowest BCUT2D eigenvalue weighted by atomic mass is 10.4. The average molecular weight is 156 g/mol. The van der Waals surface area contributed by atoms with Crippen LogP contribution in [-0.2, 0) is 6.42 Å². The van der Waals surface area contributed by atoms with E-state index in [1.807, 2.05) is 0 Å². The Balaban J connectivity index is 2.70. The van der Waals surface area contributed by atoms with Crippen LogP contribution in [0.2, 0.25) is 0 Å². The predicted molar refractivity (Wildman–Crippen MR) is 42.0 cm³/mol. The summed E-state index contributed by atoms with van der Waals surface area (Å²) >= 11 is 4.90. The highest BCUT2D eigenvalue weighted by Crippen LogP contribution is 2.18. The van der Waals surface area contributed by atoms with E-state index in [1.54, 1.807) is 0 Å². The van der Waals surface area contributed by atoms with Gasteiger partial charge in [0, 0.05) is 13.0 Å². The molecule has 4 N–H and O–H groups in total. The third kappa shape index (κ3) is 0.578. The van der Waals surface area contributed by atoms with Crippen LogP contribution >= 0.6 is 12.2 Å². The van der Waals surface area contributed by atoms with Crippen molar-refractivity contribution in [2.45, 2.75) is 6.42 Å². The minimum atomic E-state index is 0.581. The molecule has 1 aliphatic rings. The topological polar surface area (TPSA) is 58.8 Å². The van der Waals surface area contributed by atoms with Crippen LogP contribution in [-0.4, -0.2) is 16.2 Å². The van der Waals surface area contributed by atoms with E-state index in [9.17, 15) is 0 Å². The maximum atomic E-state index is 5.57. The number of hydrogen-bond donors (Lipinski definition) is 3. The Bertz CT molecular complexity index is 310. The van der Waals surface area contributed by atoms with Crippen molar-refractivity contribution in [1.82, 2.24) is 9.66 Å². The number of nitrogen functional groups attached to an aromatic ring is 1. The molecule has 0 aliphatic carbocycles. The molecule has 1 aliphatic heterocycles. The maximum absolute atomic E-state index is 5.57. The highest BCUT2D eigenvalue weighted by molar-refractivity contribution is 7.71. The smallest absolute Gasteiger partial charge is 0.197 e. The van der Waals surface area contributed by atoms with Gasteiger partial charge < -0.3 is 16.1 Å². The lowest BCUT2D eigenvalue weighted by Crippen LogP contribution is -2.11. The Kier molecular flexibility index (Phi) is 1.02. The molecule has 0 aromatic carbocycles. The van der Waals surface area contributed by atoms with Crippen molar-refractivity contribution in [3.63, 3.8) is 0 Å². The van der Waals surface area contributed by atoms with E-state index in [-0.39, 0.29) is 0 Å². The Morgan fingerprint density at radius 3 is 3.10 bits per heavy atom. The second kappa shape index (κ2) is 1.76. The number of rotatable bonds is 0. The molecular formula is C5H8N4S. The first-order chi connectivity index (χ1) is 4.79. The fourth-order valence-electron chi connectivity index (χ4n) is 1.17. The quantitative estimate of drug-likeness (QED) is 0.372. The Labute approximate surface area is 63.0 Å². The molecule has 0 amide bonds. The lowest BCUT2D eigenvalue weighted by molar-refractivity contribution is 0.949. The largest absolute Gasteiger partial charge is 0.368 e. The SMILES string of the molecule is Nn1c2c([nH]c1=S)CCN2. The lowest BCUT2D eigenvalue weighted by Gasteiger charge is -1.96. The zero-order valence-electron chi connectivity index (χ0n) is 5.35. The Morgan fingerprint density at radius 1 is 1.60 bits per heavy atom. The standard InChI is InChI=1S/C5H8N4S/c6-9-4-3(1-2-7-4)8-5(9)10/h7H,1-2,6H2,(H,8,10). The number of nitrogens with two attached hydrogens (primary N) is 1. The number of aromatic nitrogens is 2. The summed E-state index contributed by atoms with van der Waals surface area (Å²) < 4.78 is 2.05. The van der Waals surface area contributed by atoms with Gasteiger partial charge in [-0.1, -0.05) is 0 Å². The molecule has 4 nitrogen and oxygen atoms in total. The summed E-state index contributed by atoms with van der Waals surface area (Å²) in [5.74, 6) is 6.51. The van der Waals surface area contributed by atoms with Crippen LogP contribution in [0.15, 0.2) is 0 Å². The van der Waals surface area contributed by atoms with Gasteiger partial charge in [0.15, 0.2) is 4.77 Å². The molecule has 0 spiro atoms. The summed E-state index contributed by atoms with van der Waals surface area (Å²) in [7, 11) is 0. The molecule has 10 heavy (non-hydrogen) atoms. The van der Waals surface area contributed by atoms with E-state index < -0.39 is 0 Å². The zero-order valence-corrected chi connectivity index (χ0v) is 6.16. The van der Waals surface area contributed by atoms with Crippen molar-refractivity contribution in [3.8, 4) is 0 Å². The van der Waals surface area contributed by atoms with Crippen molar-refractivity contribution >= 4 is 18.0 Å². The van der Waals surface area contributed by atoms with Gasteiger partial charge in [-0.05, 0) is 12.2 Å². The second-order valence-electron chi connectivity index (χ2n) is 2.30. The van der Waals surface area contributed by atoms with E-state index in [0.29, 0.717) is 4.77 Å². The molecule has 0 unspecified atom stereocenters. The zero-order chi connectivity index (χ0) is 7.14. The van der Waals surface area contributed by atoms with E-state index >= 15 is 0 Å². The minimum Gasteiger partial charge on any atom is -0.368 e. The summed E-state index contributed by atoms with van der Waals surface area (Å²) in [5.41, 5.74) is 1.12. The number of nitrogens with zero attached hydrogens (tertiary/aromatic N) is 1. The monoisotopic (exact) mass is 156 g/mol. The first-order valence-corrected chi connectivity index (χ1v) is 3.52. The maximum Gasteiger partial charge on any atom is 0.197 e. The third-order valence-electron chi connectivity index (χ3n) is 1.67. The van der Waals surface area contributed by atoms with Crippen LogP contribution in [0.1, 0.15) is 5.69 Å². The molecule has 0 saturated heterocycles. The molecule has 1 aromatic heterocycles. The number of hydrogen-bond acceptors (Lipinski definition) is 3. The van der Waals surface area contributed by atoms with E-state index in [0.717, 1.165) is 24.5 Å². The number of fused-ring (bicyclic) bond motifs is 1. The summed E-state index contributed by atoms with van der Waals surface area (Å²) in [6, 6.07) is 0. The van der Waals surface area contributed by atoms with Gasteiger partial charge in [0.25, 0.3) is 0 Å². The molecule has 2 rings (SSSR count). The number of aromatic amines is 1. The van der Waals surface area contributed by atoms with Gasteiger partial charge in [0.05, 0.1) is 5.69 Å². The van der Waals surface area contributed by atoms with Gasteiger partial charge in [-0.25, -0.2) is 4.68 Å². The fourth-order valence-corrected chi connectivity index (χ4v) is 1.39. The normalized spacial score (nSPS) is 14.8. The van der Waals surface area contributed by atoms with Crippen LogP contribution in [0.4, 0.5) is 5.82 Å². The van der Waals surface area contributed by atoms with E-state index in [2.05, 4.69) is 10.3 Å². The second-order valence-corrected chi connectivity index (χ2v) is 2.69. The number of H-pyrrole nitrogens is 1. The molecule has 5 heteroatoms. The van der Waals surface area contributed by atoms with Crippen LogP contribution in [0, 0.1) is 4.77 Å². The summed E-state index contributed by atoms with van der Waals surface area (Å²) in [4.78, 5) is 3.02. The molecule has 54 valence electrons. The van der Waals surface area contributed by atoms with Crippen LogP contribution in [0.25, 0.3) is 0 Å². The van der Waals surface area contributed by atoms with E-state index in [4.69, 9.17) is 18.1 Å². The molecule has 2 heterocycles. The molecule has 0 radical (unpaired) electrons. The summed E-state index contributed by atoms with van der Waals surface area (Å²) in [6.07, 6.45) is 0.989.